The number of amides is 1. The number of aromatic nitrogens is 3. The van der Waals surface area contributed by atoms with Crippen LogP contribution in [0, 0.1) is 0 Å². The molecule has 2 aromatic heterocycles. The predicted octanol–water partition coefficient (Wildman–Crippen LogP) is 6.73. The highest BCUT2D eigenvalue weighted by atomic mass is 32.2. The molecule has 0 bridgehead atoms. The number of carbonyl (C=O) groups is 2. The van der Waals surface area contributed by atoms with Crippen LogP contribution in [-0.2, 0) is 9.59 Å². The third kappa shape index (κ3) is 7.61. The van der Waals surface area contributed by atoms with Crippen LogP contribution < -0.4 is 0 Å². The maximum absolute atomic E-state index is 13.2. The van der Waals surface area contributed by atoms with Crippen molar-refractivity contribution in [3.8, 4) is 16.9 Å². The third-order valence-corrected chi connectivity index (χ3v) is 7.78. The quantitative estimate of drug-likeness (QED) is 0.136. The number of carboxylic acids is 1. The molecular formula is C29H32N4O3S2. The van der Waals surface area contributed by atoms with Crippen LogP contribution in [-0.4, -0.2) is 47.5 Å². The van der Waals surface area contributed by atoms with Crippen molar-refractivity contribution in [3.05, 3.63) is 71.5 Å². The summed E-state index contributed by atoms with van der Waals surface area (Å²) in [7, 11) is 0. The monoisotopic (exact) mass is 548 g/mol. The van der Waals surface area contributed by atoms with Gasteiger partial charge in [-0.3, -0.25) is 19.5 Å². The molecule has 1 fully saturated rings. The van der Waals surface area contributed by atoms with Gasteiger partial charge in [0.1, 0.15) is 10.0 Å². The summed E-state index contributed by atoms with van der Waals surface area (Å²) in [5.41, 5.74) is 3.50. The Morgan fingerprint density at radius 1 is 0.947 bits per heavy atom. The van der Waals surface area contributed by atoms with E-state index in [1.54, 1.807) is 17.3 Å². The lowest BCUT2D eigenvalue weighted by molar-refractivity contribution is -0.137. The number of thiocarbonyl (C=S) groups is 1. The highest BCUT2D eigenvalue weighted by molar-refractivity contribution is 8.26. The molecule has 9 heteroatoms. The Bertz CT molecular complexity index is 1280. The standard InChI is InChI=1S/C29H32N4O3S2/c34-26(35)14-10-5-3-1-2-4-6-11-19-32-28(36)25(38-29(32)37)20-23-21-33(24-12-8-7-9-13-24)31-27(23)22-15-17-30-18-16-22/h7-9,12-13,15-18,20-21H,1-6,10-11,14,19H2,(H,34,35). The molecule has 1 aliphatic rings. The number of rotatable bonds is 14. The smallest absolute Gasteiger partial charge is 0.303 e. The maximum Gasteiger partial charge on any atom is 0.303 e. The van der Waals surface area contributed by atoms with Gasteiger partial charge < -0.3 is 5.11 Å². The number of carbonyl (C=O) groups excluding carboxylic acids is 1. The van der Waals surface area contributed by atoms with Crippen molar-refractivity contribution >= 4 is 46.3 Å². The summed E-state index contributed by atoms with van der Waals surface area (Å²) in [6.07, 6.45) is 15.7. The van der Waals surface area contributed by atoms with Crippen molar-refractivity contribution in [2.24, 2.45) is 0 Å². The molecule has 4 rings (SSSR count). The van der Waals surface area contributed by atoms with Gasteiger partial charge in [-0.25, -0.2) is 4.68 Å². The average Bonchev–Trinajstić information content (AvgIpc) is 3.46. The van der Waals surface area contributed by atoms with Gasteiger partial charge >= 0.3 is 5.97 Å². The van der Waals surface area contributed by atoms with E-state index in [0.29, 0.717) is 15.8 Å². The third-order valence-electron chi connectivity index (χ3n) is 6.40. The van der Waals surface area contributed by atoms with Gasteiger partial charge in [0.25, 0.3) is 5.91 Å². The molecule has 1 saturated heterocycles. The fraction of sp³-hybridized carbons (Fsp3) is 0.345. The van der Waals surface area contributed by atoms with Gasteiger partial charge in [-0.15, -0.1) is 0 Å². The maximum atomic E-state index is 13.2. The number of benzene rings is 1. The van der Waals surface area contributed by atoms with Gasteiger partial charge in [-0.1, -0.05) is 80.7 Å². The molecule has 1 aliphatic heterocycles. The minimum absolute atomic E-state index is 0.0495. The van der Waals surface area contributed by atoms with Crippen LogP contribution in [0.25, 0.3) is 23.0 Å². The van der Waals surface area contributed by atoms with Crippen LogP contribution in [0.5, 0.6) is 0 Å². The summed E-state index contributed by atoms with van der Waals surface area (Å²) in [6.45, 7) is 0.626. The number of thioether (sulfide) groups is 1. The lowest BCUT2D eigenvalue weighted by Gasteiger charge is -2.14. The lowest BCUT2D eigenvalue weighted by atomic mass is 10.1. The fourth-order valence-corrected chi connectivity index (χ4v) is 5.68. The van der Waals surface area contributed by atoms with Crippen LogP contribution in [0.4, 0.5) is 0 Å². The molecule has 3 heterocycles. The molecular weight excluding hydrogens is 516 g/mol. The molecule has 198 valence electrons. The summed E-state index contributed by atoms with van der Waals surface area (Å²) in [5, 5.41) is 13.5. The zero-order valence-corrected chi connectivity index (χ0v) is 22.9. The minimum atomic E-state index is -0.716. The summed E-state index contributed by atoms with van der Waals surface area (Å²) in [4.78, 5) is 30.2. The first kappa shape index (κ1) is 27.7. The van der Waals surface area contributed by atoms with Gasteiger partial charge in [0.05, 0.1) is 10.6 Å². The number of nitrogens with zero attached hydrogens (tertiary/aromatic N) is 4. The van der Waals surface area contributed by atoms with Crippen molar-refractivity contribution in [2.75, 3.05) is 6.54 Å². The Morgan fingerprint density at radius 2 is 1.61 bits per heavy atom. The van der Waals surface area contributed by atoms with Gasteiger partial charge in [0.15, 0.2) is 0 Å². The second-order valence-corrected chi connectivity index (χ2v) is 10.9. The SMILES string of the molecule is O=C(O)CCCCCCCCCCN1C(=O)C(=Cc2cn(-c3ccccc3)nc2-c2ccncc2)SC1=S. The van der Waals surface area contributed by atoms with Crippen LogP contribution >= 0.6 is 24.0 Å². The predicted molar refractivity (Wildman–Crippen MR) is 156 cm³/mol. The normalized spacial score (nSPS) is 14.5. The summed E-state index contributed by atoms with van der Waals surface area (Å²) in [5.74, 6) is -0.765. The van der Waals surface area contributed by atoms with E-state index in [1.807, 2.05) is 59.4 Å². The Kier molecular flexibility index (Phi) is 10.2. The summed E-state index contributed by atoms with van der Waals surface area (Å²) >= 11 is 6.90. The van der Waals surface area contributed by atoms with E-state index in [9.17, 15) is 9.59 Å². The molecule has 0 spiro atoms. The summed E-state index contributed by atoms with van der Waals surface area (Å²) in [6, 6.07) is 13.7. The van der Waals surface area contributed by atoms with Crippen molar-refractivity contribution in [2.45, 2.75) is 57.8 Å². The molecule has 0 atom stereocenters. The first-order valence-electron chi connectivity index (χ1n) is 13.1. The zero-order valence-electron chi connectivity index (χ0n) is 21.3. The Morgan fingerprint density at radius 3 is 2.29 bits per heavy atom. The van der Waals surface area contributed by atoms with E-state index in [1.165, 1.54) is 11.8 Å². The van der Waals surface area contributed by atoms with E-state index in [-0.39, 0.29) is 12.3 Å². The Labute approximate surface area is 233 Å². The molecule has 1 aromatic carbocycles. The van der Waals surface area contributed by atoms with Crippen molar-refractivity contribution in [1.82, 2.24) is 19.7 Å². The van der Waals surface area contributed by atoms with Crippen molar-refractivity contribution in [3.63, 3.8) is 0 Å². The van der Waals surface area contributed by atoms with E-state index in [0.717, 1.165) is 73.9 Å². The molecule has 1 amide bonds. The topological polar surface area (TPSA) is 88.3 Å². The van der Waals surface area contributed by atoms with E-state index < -0.39 is 5.97 Å². The number of pyridine rings is 1. The molecule has 0 unspecified atom stereocenters. The number of aliphatic carboxylic acids is 1. The first-order valence-corrected chi connectivity index (χ1v) is 14.3. The van der Waals surface area contributed by atoms with Crippen molar-refractivity contribution < 1.29 is 14.7 Å². The van der Waals surface area contributed by atoms with Gasteiger partial charge in [0.2, 0.25) is 0 Å². The minimum Gasteiger partial charge on any atom is -0.481 e. The largest absolute Gasteiger partial charge is 0.481 e. The van der Waals surface area contributed by atoms with Crippen LogP contribution in [0.3, 0.4) is 0 Å². The number of hydrogen-bond donors (Lipinski definition) is 1. The molecule has 3 aromatic rings. The van der Waals surface area contributed by atoms with Crippen LogP contribution in [0.2, 0.25) is 0 Å². The highest BCUT2D eigenvalue weighted by Gasteiger charge is 2.32. The fourth-order valence-electron chi connectivity index (χ4n) is 4.38. The number of unbranched alkanes of at least 4 members (excludes halogenated alkanes) is 7. The highest BCUT2D eigenvalue weighted by Crippen LogP contribution is 2.35. The van der Waals surface area contributed by atoms with Crippen LogP contribution in [0.1, 0.15) is 63.4 Å². The second-order valence-electron chi connectivity index (χ2n) is 9.25. The zero-order chi connectivity index (χ0) is 26.7. The van der Waals surface area contributed by atoms with E-state index in [2.05, 4.69) is 4.98 Å². The number of hydrogen-bond acceptors (Lipinski definition) is 6. The van der Waals surface area contributed by atoms with E-state index >= 15 is 0 Å². The van der Waals surface area contributed by atoms with Gasteiger partial charge in [-0.2, -0.15) is 5.10 Å². The van der Waals surface area contributed by atoms with Gasteiger partial charge in [0, 0.05) is 42.7 Å². The number of carboxylic acid groups (broad SMARTS) is 1. The van der Waals surface area contributed by atoms with Crippen LogP contribution in [0.15, 0.2) is 66.0 Å². The lowest BCUT2D eigenvalue weighted by Crippen LogP contribution is -2.29. The van der Waals surface area contributed by atoms with Crippen molar-refractivity contribution in [1.29, 1.82) is 0 Å². The molecule has 0 saturated carbocycles. The Hall–Kier alpha value is -3.30. The first-order chi connectivity index (χ1) is 18.5. The summed E-state index contributed by atoms with van der Waals surface area (Å²) < 4.78 is 2.43. The Balaban J connectivity index is 1.35. The molecule has 0 radical (unpaired) electrons. The average molecular weight is 549 g/mol. The second kappa shape index (κ2) is 14.0. The molecule has 7 nitrogen and oxygen atoms in total. The molecule has 38 heavy (non-hydrogen) atoms. The van der Waals surface area contributed by atoms with Gasteiger partial charge in [-0.05, 0) is 43.2 Å². The molecule has 1 N–H and O–H groups in total. The molecule has 0 aliphatic carbocycles. The van der Waals surface area contributed by atoms with E-state index in [4.69, 9.17) is 22.4 Å². The number of para-hydroxylation sites is 1.